The zero-order valence-electron chi connectivity index (χ0n) is 20.2. The molecule has 0 aliphatic carbocycles. The number of aromatic amines is 1. The van der Waals surface area contributed by atoms with Gasteiger partial charge in [0.1, 0.15) is 0 Å². The predicted octanol–water partition coefficient (Wildman–Crippen LogP) is 9.75. The van der Waals surface area contributed by atoms with E-state index < -0.39 is 0 Å². The van der Waals surface area contributed by atoms with E-state index in [4.69, 9.17) is 11.6 Å². The van der Waals surface area contributed by atoms with Gasteiger partial charge in [0, 0.05) is 33.0 Å². The van der Waals surface area contributed by atoms with Crippen molar-refractivity contribution in [2.24, 2.45) is 0 Å². The lowest BCUT2D eigenvalue weighted by atomic mass is 9.78. The highest BCUT2D eigenvalue weighted by atomic mass is 35.5. The summed E-state index contributed by atoms with van der Waals surface area (Å²) in [5, 5.41) is 3.06. The van der Waals surface area contributed by atoms with Gasteiger partial charge in [-0.1, -0.05) is 92.2 Å². The summed E-state index contributed by atoms with van der Waals surface area (Å²) in [5.41, 5.74) is 10.2. The molecule has 4 bridgehead atoms. The Kier molecular flexibility index (Phi) is 4.58. The van der Waals surface area contributed by atoms with Crippen LogP contribution in [0.15, 0.2) is 109 Å². The zero-order valence-corrected chi connectivity index (χ0v) is 21.0. The van der Waals surface area contributed by atoms with Crippen LogP contribution in [-0.2, 0) is 5.41 Å². The van der Waals surface area contributed by atoms with Crippen molar-refractivity contribution in [1.29, 1.82) is 0 Å². The molecule has 3 heteroatoms. The summed E-state index contributed by atoms with van der Waals surface area (Å²) in [5.74, 6) is 0. The fraction of sp³-hybridized carbons (Fsp3) is 0.0909. The van der Waals surface area contributed by atoms with Crippen molar-refractivity contribution in [2.45, 2.75) is 19.3 Å². The van der Waals surface area contributed by atoms with Crippen molar-refractivity contribution in [3.8, 4) is 11.1 Å². The number of anilines is 3. The maximum atomic E-state index is 6.79. The summed E-state index contributed by atoms with van der Waals surface area (Å²) in [6.07, 6.45) is 0. The van der Waals surface area contributed by atoms with E-state index in [1.54, 1.807) is 0 Å². The number of rotatable bonds is 2. The third-order valence-corrected chi connectivity index (χ3v) is 8.04. The van der Waals surface area contributed by atoms with Gasteiger partial charge in [-0.05, 0) is 59.2 Å². The quantitative estimate of drug-likeness (QED) is 0.259. The minimum Gasteiger partial charge on any atom is -0.353 e. The normalized spacial score (nSPS) is 14.1. The van der Waals surface area contributed by atoms with E-state index in [0.717, 1.165) is 38.5 Å². The Morgan fingerprint density at radius 2 is 1.42 bits per heavy atom. The molecule has 0 saturated heterocycles. The van der Waals surface area contributed by atoms with Gasteiger partial charge in [-0.25, -0.2) is 0 Å². The highest BCUT2D eigenvalue weighted by Gasteiger charge is 2.28. The summed E-state index contributed by atoms with van der Waals surface area (Å²) >= 11 is 6.79. The molecule has 3 heterocycles. The number of halogens is 1. The standard InChI is InChI=1S/C33H25ClN2/c1-33(2)22-12-15-24(16-13-22)36(29-11-7-6-10-25(29)21-8-4-3-5-9-21)30-19-17-27(34)32-31(30)26-20-23(33)14-18-28(26)35-32/h3-20,35H,1-2H3. The van der Waals surface area contributed by atoms with Crippen LogP contribution in [0.2, 0.25) is 5.02 Å². The Morgan fingerprint density at radius 3 is 2.22 bits per heavy atom. The first-order chi connectivity index (χ1) is 17.5. The van der Waals surface area contributed by atoms with Crippen LogP contribution < -0.4 is 4.90 Å². The smallest absolute Gasteiger partial charge is 0.0675 e. The summed E-state index contributed by atoms with van der Waals surface area (Å²) in [4.78, 5) is 5.99. The highest BCUT2D eigenvalue weighted by Crippen LogP contribution is 2.48. The lowest BCUT2D eigenvalue weighted by molar-refractivity contribution is 0.642. The molecule has 0 amide bonds. The van der Waals surface area contributed by atoms with Gasteiger partial charge in [-0.2, -0.15) is 0 Å². The lowest BCUT2D eigenvalue weighted by Crippen LogP contribution is -2.19. The van der Waals surface area contributed by atoms with E-state index in [2.05, 4.69) is 127 Å². The molecule has 0 fully saturated rings. The van der Waals surface area contributed by atoms with Gasteiger partial charge in [-0.3, -0.25) is 0 Å². The molecular weight excluding hydrogens is 460 g/mol. The first-order valence-electron chi connectivity index (χ1n) is 12.3. The van der Waals surface area contributed by atoms with Crippen molar-refractivity contribution >= 4 is 50.5 Å². The van der Waals surface area contributed by atoms with Crippen LogP contribution in [0.3, 0.4) is 0 Å². The van der Waals surface area contributed by atoms with Crippen molar-refractivity contribution in [1.82, 2.24) is 4.98 Å². The number of benzene rings is 5. The van der Waals surface area contributed by atoms with Gasteiger partial charge >= 0.3 is 0 Å². The average molecular weight is 485 g/mol. The second-order valence-corrected chi connectivity index (χ2v) is 10.5. The number of H-pyrrole nitrogens is 1. The zero-order chi connectivity index (χ0) is 24.4. The van der Waals surface area contributed by atoms with E-state index in [0.29, 0.717) is 0 Å². The largest absolute Gasteiger partial charge is 0.353 e. The molecule has 0 atom stereocenters. The minimum atomic E-state index is -0.133. The molecule has 1 N–H and O–H groups in total. The van der Waals surface area contributed by atoms with Gasteiger partial charge in [0.2, 0.25) is 0 Å². The molecule has 1 aromatic heterocycles. The maximum absolute atomic E-state index is 6.79. The SMILES string of the molecule is CC1(C)c2ccc(cc2)N(c2ccccc2-c2ccccc2)c2ccc(Cl)c3[nH]c4ccc1cc4c23. The number of aromatic nitrogens is 1. The van der Waals surface area contributed by atoms with Crippen LogP contribution >= 0.6 is 11.6 Å². The fourth-order valence-electron chi connectivity index (χ4n) is 5.66. The number of para-hydroxylation sites is 1. The van der Waals surface area contributed by atoms with E-state index >= 15 is 0 Å². The van der Waals surface area contributed by atoms with Crippen LogP contribution in [0.25, 0.3) is 32.9 Å². The number of hydrogen-bond donors (Lipinski definition) is 1. The Bertz CT molecular complexity index is 1760. The average Bonchev–Trinajstić information content (AvgIpc) is 3.30. The van der Waals surface area contributed by atoms with E-state index in [1.807, 2.05) is 6.07 Å². The van der Waals surface area contributed by atoms with Crippen LogP contribution in [0.1, 0.15) is 25.0 Å². The summed E-state index contributed by atoms with van der Waals surface area (Å²) in [6, 6.07) is 39.2. The topological polar surface area (TPSA) is 19.0 Å². The maximum Gasteiger partial charge on any atom is 0.0675 e. The van der Waals surface area contributed by atoms with Gasteiger partial charge in [0.05, 0.1) is 21.9 Å². The molecule has 2 aliphatic rings. The number of hydrogen-bond acceptors (Lipinski definition) is 1. The second kappa shape index (κ2) is 7.74. The van der Waals surface area contributed by atoms with Gasteiger partial charge in [0.15, 0.2) is 0 Å². The second-order valence-electron chi connectivity index (χ2n) is 10.1. The molecular formula is C33H25ClN2. The van der Waals surface area contributed by atoms with Gasteiger partial charge in [0.25, 0.3) is 0 Å². The summed E-state index contributed by atoms with van der Waals surface area (Å²) in [7, 11) is 0. The molecule has 0 radical (unpaired) electrons. The van der Waals surface area contributed by atoms with Crippen molar-refractivity contribution in [3.63, 3.8) is 0 Å². The Balaban J connectivity index is 1.64. The molecule has 5 aromatic carbocycles. The lowest BCUT2D eigenvalue weighted by Gasteiger charge is -2.30. The predicted molar refractivity (Wildman–Crippen MR) is 153 cm³/mol. The van der Waals surface area contributed by atoms with E-state index in [9.17, 15) is 0 Å². The minimum absolute atomic E-state index is 0.133. The van der Waals surface area contributed by atoms with Crippen molar-refractivity contribution < 1.29 is 0 Å². The number of fused-ring (bicyclic) bond motifs is 2. The molecule has 8 rings (SSSR count). The third-order valence-electron chi connectivity index (χ3n) is 7.72. The number of nitrogens with zero attached hydrogens (tertiary/aromatic N) is 1. The Morgan fingerprint density at radius 1 is 0.694 bits per heavy atom. The molecule has 0 spiro atoms. The molecule has 6 aromatic rings. The Labute approximate surface area is 215 Å². The molecule has 0 unspecified atom stereocenters. The van der Waals surface area contributed by atoms with Crippen LogP contribution in [0, 0.1) is 0 Å². The Hall–Kier alpha value is -4.01. The third kappa shape index (κ3) is 3.04. The first kappa shape index (κ1) is 21.3. The van der Waals surface area contributed by atoms with Crippen molar-refractivity contribution in [3.05, 3.63) is 125 Å². The number of nitrogens with one attached hydrogen (secondary N) is 1. The monoisotopic (exact) mass is 484 g/mol. The highest BCUT2D eigenvalue weighted by molar-refractivity contribution is 6.37. The molecule has 2 nitrogen and oxygen atoms in total. The van der Waals surface area contributed by atoms with Gasteiger partial charge < -0.3 is 9.88 Å². The van der Waals surface area contributed by atoms with Gasteiger partial charge in [-0.15, -0.1) is 0 Å². The summed E-state index contributed by atoms with van der Waals surface area (Å²) < 4.78 is 0. The van der Waals surface area contributed by atoms with Crippen molar-refractivity contribution in [2.75, 3.05) is 4.90 Å². The molecule has 36 heavy (non-hydrogen) atoms. The molecule has 2 aliphatic heterocycles. The molecule has 0 saturated carbocycles. The fourth-order valence-corrected chi connectivity index (χ4v) is 5.87. The first-order valence-corrected chi connectivity index (χ1v) is 12.7. The summed E-state index contributed by atoms with van der Waals surface area (Å²) in [6.45, 7) is 4.60. The van der Waals surface area contributed by atoms with Crippen LogP contribution in [-0.4, -0.2) is 4.98 Å². The molecule has 174 valence electrons. The van der Waals surface area contributed by atoms with E-state index in [-0.39, 0.29) is 5.41 Å². The van der Waals surface area contributed by atoms with Crippen LogP contribution in [0.5, 0.6) is 0 Å². The van der Waals surface area contributed by atoms with E-state index in [1.165, 1.54) is 27.6 Å². The van der Waals surface area contributed by atoms with Crippen LogP contribution in [0.4, 0.5) is 17.1 Å².